The molecule has 7 nitrogen and oxygen atoms in total. The van der Waals surface area contributed by atoms with E-state index in [1.54, 1.807) is 18.3 Å². The van der Waals surface area contributed by atoms with Crippen LogP contribution in [-0.4, -0.2) is 40.7 Å². The second-order valence-electron chi connectivity index (χ2n) is 7.69. The van der Waals surface area contributed by atoms with Crippen molar-refractivity contribution in [1.82, 2.24) is 14.6 Å². The maximum atomic E-state index is 13.5. The van der Waals surface area contributed by atoms with E-state index in [2.05, 4.69) is 16.9 Å². The Morgan fingerprint density at radius 1 is 1.41 bits per heavy atom. The van der Waals surface area contributed by atoms with Crippen LogP contribution in [0, 0.1) is 0 Å². The third-order valence-electron chi connectivity index (χ3n) is 4.88. The minimum atomic E-state index is -3.79. The number of hydrogen-bond donors (Lipinski definition) is 1. The van der Waals surface area contributed by atoms with Crippen LogP contribution in [-0.2, 0) is 14.8 Å². The minimum absolute atomic E-state index is 0.228. The third kappa shape index (κ3) is 3.35. The first-order chi connectivity index (χ1) is 12.5. The van der Waals surface area contributed by atoms with Crippen molar-refractivity contribution < 1.29 is 17.6 Å². The average Bonchev–Trinajstić information content (AvgIpc) is 3.26. The Labute approximate surface area is 163 Å². The predicted octanol–water partition coefficient (Wildman–Crippen LogP) is 3.03. The summed E-state index contributed by atoms with van der Waals surface area (Å²) >= 11 is 1.14. The molecule has 27 heavy (non-hydrogen) atoms. The van der Waals surface area contributed by atoms with Gasteiger partial charge in [-0.2, -0.15) is 4.31 Å². The van der Waals surface area contributed by atoms with Gasteiger partial charge in [-0.15, -0.1) is 11.3 Å². The number of nitrogens with zero attached hydrogens (tertiary/aromatic N) is 2. The van der Waals surface area contributed by atoms with Crippen LogP contribution in [0.2, 0.25) is 0 Å². The SMILES string of the molecule is C=CC(=O)NC1CC(C)(C)N(S(=O)(=O)c2ccc(-c3cnco3)s2)C1(C)C. The van der Waals surface area contributed by atoms with Crippen LogP contribution in [0.5, 0.6) is 0 Å². The molecule has 0 spiro atoms. The normalized spacial score (nSPS) is 21.9. The first-order valence-electron chi connectivity index (χ1n) is 8.47. The number of oxazole rings is 1. The Kier molecular flexibility index (Phi) is 4.82. The van der Waals surface area contributed by atoms with Gasteiger partial charge in [0, 0.05) is 11.6 Å². The molecule has 3 heterocycles. The van der Waals surface area contributed by atoms with Gasteiger partial charge < -0.3 is 9.73 Å². The van der Waals surface area contributed by atoms with Crippen molar-refractivity contribution in [2.75, 3.05) is 0 Å². The molecule has 1 atom stereocenters. The molecule has 0 radical (unpaired) electrons. The first-order valence-corrected chi connectivity index (χ1v) is 10.7. The monoisotopic (exact) mass is 409 g/mol. The molecule has 1 aliphatic rings. The summed E-state index contributed by atoms with van der Waals surface area (Å²) in [5.74, 6) is 0.212. The predicted molar refractivity (Wildman–Crippen MR) is 104 cm³/mol. The minimum Gasteiger partial charge on any atom is -0.443 e. The largest absolute Gasteiger partial charge is 0.443 e. The fraction of sp³-hybridized carbons (Fsp3) is 0.444. The van der Waals surface area contributed by atoms with E-state index in [1.807, 2.05) is 27.7 Å². The summed E-state index contributed by atoms with van der Waals surface area (Å²) in [6, 6.07) is 2.96. The molecule has 2 aromatic rings. The quantitative estimate of drug-likeness (QED) is 0.766. The van der Waals surface area contributed by atoms with Crippen molar-refractivity contribution in [3.63, 3.8) is 0 Å². The van der Waals surface area contributed by atoms with Crippen LogP contribution in [0.25, 0.3) is 10.6 Å². The molecule has 1 aliphatic heterocycles. The summed E-state index contributed by atoms with van der Waals surface area (Å²) in [5, 5.41) is 2.87. The van der Waals surface area contributed by atoms with Gasteiger partial charge in [0.15, 0.2) is 12.2 Å². The van der Waals surface area contributed by atoms with Crippen LogP contribution in [0.4, 0.5) is 0 Å². The number of carbonyl (C=O) groups is 1. The molecule has 9 heteroatoms. The van der Waals surface area contributed by atoms with Gasteiger partial charge >= 0.3 is 0 Å². The average molecular weight is 410 g/mol. The summed E-state index contributed by atoms with van der Waals surface area (Å²) < 4.78 is 34.0. The van der Waals surface area contributed by atoms with E-state index < -0.39 is 21.1 Å². The zero-order valence-corrected chi connectivity index (χ0v) is 17.4. The summed E-state index contributed by atoms with van der Waals surface area (Å²) in [6.07, 6.45) is 4.55. The maximum Gasteiger partial charge on any atom is 0.253 e. The second-order valence-corrected chi connectivity index (χ2v) is 10.8. The lowest BCUT2D eigenvalue weighted by atomic mass is 9.94. The molecule has 2 aromatic heterocycles. The standard InChI is InChI=1S/C18H23N3O4S2/c1-6-15(22)20-14-9-17(2,3)21(18(14,4)5)27(23,24)16-8-7-13(26-16)12-10-19-11-25-12/h6-8,10-11,14H,1,9H2,2-5H3,(H,20,22). The van der Waals surface area contributed by atoms with Gasteiger partial charge in [-0.25, -0.2) is 13.4 Å². The molecule has 0 aromatic carbocycles. The van der Waals surface area contributed by atoms with Crippen LogP contribution < -0.4 is 5.32 Å². The van der Waals surface area contributed by atoms with Gasteiger partial charge in [0.25, 0.3) is 10.0 Å². The van der Waals surface area contributed by atoms with Crippen molar-refractivity contribution >= 4 is 27.3 Å². The Balaban J connectivity index is 2.00. The van der Waals surface area contributed by atoms with Gasteiger partial charge in [-0.3, -0.25) is 4.79 Å². The molecular formula is C18H23N3O4S2. The van der Waals surface area contributed by atoms with E-state index in [0.717, 1.165) is 11.3 Å². The summed E-state index contributed by atoms with van der Waals surface area (Å²) in [5.41, 5.74) is -1.48. The second kappa shape index (κ2) is 6.57. The summed E-state index contributed by atoms with van der Waals surface area (Å²) in [7, 11) is -3.79. The highest BCUT2D eigenvalue weighted by molar-refractivity contribution is 7.91. The Morgan fingerprint density at radius 3 is 2.70 bits per heavy atom. The van der Waals surface area contributed by atoms with Crippen molar-refractivity contribution in [3.8, 4) is 10.6 Å². The number of rotatable bonds is 5. The first kappa shape index (κ1) is 19.8. The number of carbonyl (C=O) groups excluding carboxylic acids is 1. The number of nitrogens with one attached hydrogen (secondary N) is 1. The smallest absolute Gasteiger partial charge is 0.253 e. The summed E-state index contributed by atoms with van der Waals surface area (Å²) in [6.45, 7) is 10.9. The number of sulfonamides is 1. The Morgan fingerprint density at radius 2 is 2.11 bits per heavy atom. The molecule has 0 bridgehead atoms. The van der Waals surface area contributed by atoms with E-state index in [1.165, 1.54) is 16.8 Å². The van der Waals surface area contributed by atoms with E-state index in [4.69, 9.17) is 4.42 Å². The molecule has 1 amide bonds. The van der Waals surface area contributed by atoms with E-state index >= 15 is 0 Å². The Bertz CT molecular complexity index is 959. The van der Waals surface area contributed by atoms with Crippen molar-refractivity contribution in [1.29, 1.82) is 0 Å². The van der Waals surface area contributed by atoms with E-state index in [9.17, 15) is 13.2 Å². The number of hydrogen-bond acceptors (Lipinski definition) is 6. The van der Waals surface area contributed by atoms with Crippen LogP contribution in [0.1, 0.15) is 34.1 Å². The summed E-state index contributed by atoms with van der Waals surface area (Å²) in [4.78, 5) is 16.4. The van der Waals surface area contributed by atoms with Crippen LogP contribution >= 0.6 is 11.3 Å². The molecule has 0 saturated carbocycles. The number of amides is 1. The van der Waals surface area contributed by atoms with Crippen molar-refractivity contribution in [2.24, 2.45) is 0 Å². The van der Waals surface area contributed by atoms with Gasteiger partial charge in [0.2, 0.25) is 5.91 Å². The molecule has 0 aliphatic carbocycles. The molecule has 1 N–H and O–H groups in total. The molecule has 3 rings (SSSR count). The molecular weight excluding hydrogens is 386 g/mol. The lowest BCUT2D eigenvalue weighted by Gasteiger charge is -2.39. The number of thiophene rings is 1. The van der Waals surface area contributed by atoms with E-state index in [0.29, 0.717) is 17.1 Å². The van der Waals surface area contributed by atoms with Crippen LogP contribution in [0.15, 0.2) is 46.0 Å². The molecule has 146 valence electrons. The highest BCUT2D eigenvalue weighted by atomic mass is 32.2. The number of aromatic nitrogens is 1. The van der Waals surface area contributed by atoms with Gasteiger partial charge in [-0.05, 0) is 52.3 Å². The molecule has 1 fully saturated rings. The van der Waals surface area contributed by atoms with E-state index in [-0.39, 0.29) is 16.2 Å². The lowest BCUT2D eigenvalue weighted by Crippen LogP contribution is -2.56. The van der Waals surface area contributed by atoms with Crippen molar-refractivity contribution in [2.45, 2.75) is 55.4 Å². The fourth-order valence-corrected chi connectivity index (χ4v) is 7.36. The van der Waals surface area contributed by atoms with Crippen molar-refractivity contribution in [3.05, 3.63) is 37.4 Å². The van der Waals surface area contributed by atoms with Gasteiger partial charge in [-0.1, -0.05) is 6.58 Å². The fourth-order valence-electron chi connectivity index (χ4n) is 3.87. The van der Waals surface area contributed by atoms with Gasteiger partial charge in [0.1, 0.15) is 4.21 Å². The zero-order valence-electron chi connectivity index (χ0n) is 15.7. The highest BCUT2D eigenvalue weighted by Gasteiger charge is 2.57. The lowest BCUT2D eigenvalue weighted by molar-refractivity contribution is -0.117. The zero-order chi connectivity index (χ0) is 20.0. The molecule has 1 unspecified atom stereocenters. The van der Waals surface area contributed by atoms with Crippen LogP contribution in [0.3, 0.4) is 0 Å². The third-order valence-corrected chi connectivity index (χ3v) is 8.75. The Hall–Kier alpha value is -1.97. The maximum absolute atomic E-state index is 13.5. The van der Waals surface area contributed by atoms with Gasteiger partial charge in [0.05, 0.1) is 16.6 Å². The molecule has 1 saturated heterocycles. The highest BCUT2D eigenvalue weighted by Crippen LogP contribution is 2.46. The topological polar surface area (TPSA) is 92.5 Å².